The van der Waals surface area contributed by atoms with Gasteiger partial charge < -0.3 is 9.94 Å². The fraction of sp³-hybridized carbons (Fsp3) is 0.417. The summed E-state index contributed by atoms with van der Waals surface area (Å²) in [6, 6.07) is 5.10. The Kier molecular flexibility index (Phi) is 1.20. The van der Waals surface area contributed by atoms with Crippen LogP contribution in [0.5, 0.6) is 5.75 Å². The first-order chi connectivity index (χ1) is 8.88. The summed E-state index contributed by atoms with van der Waals surface area (Å²) >= 11 is 0. The highest BCUT2D eigenvalue weighted by atomic mass is 16.5. The molecule has 1 aromatic carbocycles. The monoisotopic (exact) mass is 207 g/mol. The van der Waals surface area contributed by atoms with E-state index in [1.165, 1.54) is 6.21 Å². The smallest absolute Gasteiger partial charge is 0.122 e. The van der Waals surface area contributed by atoms with Crippen LogP contribution in [-0.4, -0.2) is 18.0 Å². The van der Waals surface area contributed by atoms with Crippen LogP contribution < -0.4 is 4.74 Å². The Labute approximate surface area is 94.0 Å². The van der Waals surface area contributed by atoms with Gasteiger partial charge in [0.15, 0.2) is 0 Å². The van der Waals surface area contributed by atoms with Crippen molar-refractivity contribution in [2.45, 2.75) is 18.7 Å². The van der Waals surface area contributed by atoms with Crippen LogP contribution in [0, 0.1) is 5.92 Å². The van der Waals surface area contributed by atoms with E-state index >= 15 is 0 Å². The van der Waals surface area contributed by atoms with Gasteiger partial charge in [-0.3, -0.25) is 0 Å². The van der Waals surface area contributed by atoms with Crippen molar-refractivity contribution >= 4 is 6.21 Å². The molecule has 1 saturated carbocycles. The van der Waals surface area contributed by atoms with Crippen molar-refractivity contribution in [3.63, 3.8) is 0 Å². The van der Waals surface area contributed by atoms with Gasteiger partial charge in [-0.05, 0) is 24.0 Å². The minimum absolute atomic E-state index is 0.0680. The first-order valence-electron chi connectivity index (χ1n) is 6.88. The molecule has 2 atom stereocenters. The van der Waals surface area contributed by atoms with Gasteiger partial charge >= 0.3 is 0 Å². The predicted molar refractivity (Wildman–Crippen MR) is 56.8 cm³/mol. The zero-order chi connectivity index (χ0) is 13.8. The zero-order valence-electron chi connectivity index (χ0n) is 12.0. The minimum Gasteiger partial charge on any atom is -0.493 e. The molecule has 3 nitrogen and oxygen atoms in total. The molecule has 1 aliphatic heterocycles. The minimum atomic E-state index is -2.36. The largest absolute Gasteiger partial charge is 0.493 e. The molecule has 0 saturated heterocycles. The fourth-order valence-electron chi connectivity index (χ4n) is 2.03. The lowest BCUT2D eigenvalue weighted by molar-refractivity contribution is 0.320. The molecule has 0 radical (unpaired) electrons. The molecule has 0 amide bonds. The van der Waals surface area contributed by atoms with Gasteiger partial charge in [0.05, 0.1) is 9.30 Å². The highest BCUT2D eigenvalue weighted by Crippen LogP contribution is 2.49. The quantitative estimate of drug-likeness (QED) is 0.459. The van der Waals surface area contributed by atoms with E-state index < -0.39 is 12.9 Å². The van der Waals surface area contributed by atoms with Gasteiger partial charge in [-0.2, -0.15) is 0 Å². The van der Waals surface area contributed by atoms with E-state index in [-0.39, 0.29) is 17.6 Å². The second-order valence-electron chi connectivity index (χ2n) is 3.82. The molecule has 15 heavy (non-hydrogen) atoms. The lowest BCUT2D eigenvalue weighted by Gasteiger charge is -2.04. The topological polar surface area (TPSA) is 41.8 Å². The van der Waals surface area contributed by atoms with Crippen LogP contribution >= 0.6 is 0 Å². The molecule has 1 aliphatic carbocycles. The third-order valence-electron chi connectivity index (χ3n) is 2.89. The zero-order valence-corrected chi connectivity index (χ0v) is 7.97. The summed E-state index contributed by atoms with van der Waals surface area (Å²) in [5.74, 6) is 0.413. The summed E-state index contributed by atoms with van der Waals surface area (Å²) < 4.78 is 36.4. The highest BCUT2D eigenvalue weighted by Gasteiger charge is 2.39. The van der Waals surface area contributed by atoms with Gasteiger partial charge in [0.1, 0.15) is 5.75 Å². The maximum atomic E-state index is 8.53. The van der Waals surface area contributed by atoms with Gasteiger partial charge in [0.25, 0.3) is 0 Å². The molecule has 78 valence electrons. The van der Waals surface area contributed by atoms with Gasteiger partial charge in [-0.25, -0.2) is 0 Å². The van der Waals surface area contributed by atoms with Crippen LogP contribution in [-0.2, 0) is 6.37 Å². The van der Waals surface area contributed by atoms with Gasteiger partial charge in [-0.1, -0.05) is 12.1 Å². The average Bonchev–Trinajstić information content (AvgIpc) is 3.03. The second kappa shape index (κ2) is 3.26. The van der Waals surface area contributed by atoms with E-state index in [1.807, 2.05) is 0 Å². The number of oxime groups is 1. The fourth-order valence-corrected chi connectivity index (χ4v) is 2.03. The SMILES string of the molecule is [2H]C1([2H])Oc2cccc([C@@H]3C[C@H]3/C=N\O)c2C1([2H])[2H]. The molecule has 0 unspecified atom stereocenters. The molecule has 1 heterocycles. The number of benzene rings is 1. The number of nitrogens with zero attached hydrogens (tertiary/aromatic N) is 1. The molecule has 3 heteroatoms. The van der Waals surface area contributed by atoms with Crippen molar-refractivity contribution in [3.8, 4) is 5.75 Å². The van der Waals surface area contributed by atoms with Crippen LogP contribution in [0.1, 0.15) is 28.9 Å². The second-order valence-corrected chi connectivity index (χ2v) is 3.82. The molecule has 2 aliphatic rings. The number of hydrogen-bond donors (Lipinski definition) is 1. The van der Waals surface area contributed by atoms with Crippen molar-refractivity contribution in [1.82, 2.24) is 0 Å². The van der Waals surface area contributed by atoms with Crippen LogP contribution in [0.4, 0.5) is 0 Å². The summed E-state index contributed by atoms with van der Waals surface area (Å²) in [7, 11) is 0. The van der Waals surface area contributed by atoms with Crippen LogP contribution in [0.3, 0.4) is 0 Å². The molecule has 0 spiro atoms. The summed E-state index contributed by atoms with van der Waals surface area (Å²) in [5, 5.41) is 11.5. The predicted octanol–water partition coefficient (Wildman–Crippen LogP) is 2.19. The standard InChI is InChI=1S/C12H13NO2/c14-13-7-8-6-11(8)9-2-1-3-12-10(9)4-5-15-12/h1-3,7-8,11,14H,4-6H2/b13-7-/t8-,11+/m0/s1/i4D2,5D2. The maximum absolute atomic E-state index is 8.53. The van der Waals surface area contributed by atoms with Crippen LogP contribution in [0.25, 0.3) is 0 Å². The van der Waals surface area contributed by atoms with Gasteiger partial charge in [0.2, 0.25) is 0 Å². The Morgan fingerprint density at radius 3 is 3.40 bits per heavy atom. The molecule has 3 rings (SSSR count). The van der Waals surface area contributed by atoms with Gasteiger partial charge in [-0.15, -0.1) is 5.16 Å². The molecule has 1 fully saturated rings. The molecule has 1 N–H and O–H groups in total. The van der Waals surface area contributed by atoms with E-state index in [1.54, 1.807) is 18.2 Å². The van der Waals surface area contributed by atoms with Crippen molar-refractivity contribution in [1.29, 1.82) is 0 Å². The summed E-state index contributed by atoms with van der Waals surface area (Å²) in [6.45, 7) is -2.36. The lowest BCUT2D eigenvalue weighted by atomic mass is 10.0. The number of rotatable bonds is 2. The first-order valence-corrected chi connectivity index (χ1v) is 4.88. The number of hydrogen-bond acceptors (Lipinski definition) is 3. The Bertz CT molecular complexity index is 559. The van der Waals surface area contributed by atoms with E-state index in [4.69, 9.17) is 15.4 Å². The number of ether oxygens (including phenoxy) is 1. The van der Waals surface area contributed by atoms with E-state index in [9.17, 15) is 0 Å². The Morgan fingerprint density at radius 1 is 1.60 bits per heavy atom. The van der Waals surface area contributed by atoms with E-state index in [0.29, 0.717) is 5.56 Å². The molecule has 0 bridgehead atoms. The molecule has 1 aromatic rings. The Balaban J connectivity index is 2.05. The maximum Gasteiger partial charge on any atom is 0.122 e. The Morgan fingerprint density at radius 2 is 2.53 bits per heavy atom. The summed E-state index contributed by atoms with van der Waals surface area (Å²) in [6.07, 6.45) is 0.0338. The molecular weight excluding hydrogens is 190 g/mol. The molecule has 0 aromatic heterocycles. The van der Waals surface area contributed by atoms with E-state index in [0.717, 1.165) is 12.0 Å². The average molecular weight is 207 g/mol. The lowest BCUT2D eigenvalue weighted by Crippen LogP contribution is -1.91. The highest BCUT2D eigenvalue weighted by molar-refractivity contribution is 5.67. The van der Waals surface area contributed by atoms with Crippen molar-refractivity contribution in [2.24, 2.45) is 11.1 Å². The first kappa shape index (κ1) is 5.54. The van der Waals surface area contributed by atoms with Crippen molar-refractivity contribution in [2.75, 3.05) is 6.56 Å². The van der Waals surface area contributed by atoms with Crippen LogP contribution in [0.2, 0.25) is 0 Å². The Hall–Kier alpha value is -1.51. The van der Waals surface area contributed by atoms with Crippen LogP contribution in [0.15, 0.2) is 23.4 Å². The van der Waals surface area contributed by atoms with Crippen molar-refractivity contribution < 1.29 is 15.4 Å². The van der Waals surface area contributed by atoms with Gasteiger partial charge in [0, 0.05) is 26.8 Å². The normalized spacial score (nSPS) is 38.4. The molecular formula is C12H13NO2. The van der Waals surface area contributed by atoms with Crippen molar-refractivity contribution in [3.05, 3.63) is 29.3 Å². The number of fused-ring (bicyclic) bond motifs is 1. The van der Waals surface area contributed by atoms with E-state index in [2.05, 4.69) is 5.16 Å². The summed E-state index contributed by atoms with van der Waals surface area (Å²) in [5.41, 5.74) is 1.03. The third kappa shape index (κ3) is 1.39. The third-order valence-corrected chi connectivity index (χ3v) is 2.89. The summed E-state index contributed by atoms with van der Waals surface area (Å²) in [4.78, 5) is 0.